The molecule has 1 aromatic heterocycles. The average Bonchev–Trinajstić information content (AvgIpc) is 2.69. The van der Waals surface area contributed by atoms with E-state index in [1.54, 1.807) is 0 Å². The van der Waals surface area contributed by atoms with Gasteiger partial charge in [0.2, 0.25) is 0 Å². The second-order valence-electron chi connectivity index (χ2n) is 4.46. The summed E-state index contributed by atoms with van der Waals surface area (Å²) in [5, 5.41) is 12.3. The molecular weight excluding hydrogens is 234 g/mol. The van der Waals surface area contributed by atoms with Crippen LogP contribution in [0.5, 0.6) is 0 Å². The van der Waals surface area contributed by atoms with Gasteiger partial charge in [-0.1, -0.05) is 0 Å². The Kier molecular flexibility index (Phi) is 3.97. The first kappa shape index (κ1) is 12.3. The summed E-state index contributed by atoms with van der Waals surface area (Å²) in [5.41, 5.74) is 1.82. The molecule has 0 radical (unpaired) electrons. The normalized spacial score (nSPS) is 24.5. The van der Waals surface area contributed by atoms with Gasteiger partial charge < -0.3 is 9.88 Å². The summed E-state index contributed by atoms with van der Waals surface area (Å²) in [5.74, 6) is 1.63. The van der Waals surface area contributed by atoms with Gasteiger partial charge in [-0.3, -0.25) is 4.21 Å². The molecule has 0 aliphatic carbocycles. The highest BCUT2D eigenvalue weighted by atomic mass is 32.2. The highest BCUT2D eigenvalue weighted by Gasteiger charge is 2.17. The van der Waals surface area contributed by atoms with Crippen molar-refractivity contribution in [2.24, 2.45) is 7.05 Å². The van der Waals surface area contributed by atoms with Crippen LogP contribution in [-0.2, 0) is 24.4 Å². The van der Waals surface area contributed by atoms with Crippen LogP contribution in [0.25, 0.3) is 0 Å². The third kappa shape index (κ3) is 3.18. The predicted octanol–water partition coefficient (Wildman–Crippen LogP) is 0.897. The lowest BCUT2D eigenvalue weighted by Gasteiger charge is -2.22. The zero-order valence-electron chi connectivity index (χ0n) is 9.98. The van der Waals surface area contributed by atoms with Crippen molar-refractivity contribution >= 4 is 10.8 Å². The highest BCUT2D eigenvalue weighted by Crippen LogP contribution is 2.11. The molecule has 1 aliphatic rings. The molecule has 0 unspecified atom stereocenters. The number of nitrogens with one attached hydrogen (secondary N) is 1. The average molecular weight is 251 g/mol. The molecule has 0 amide bonds. The molecule has 4 nitrogen and oxygen atoms in total. The van der Waals surface area contributed by atoms with Gasteiger partial charge >= 0.3 is 0 Å². The van der Waals surface area contributed by atoms with Gasteiger partial charge in [-0.15, -0.1) is 0 Å². The quantitative estimate of drug-likeness (QED) is 0.868. The maximum Gasteiger partial charge on any atom is 0.120 e. The van der Waals surface area contributed by atoms with Crippen molar-refractivity contribution in [1.29, 1.82) is 5.26 Å². The lowest BCUT2D eigenvalue weighted by Crippen LogP contribution is -2.35. The molecule has 0 saturated carbocycles. The van der Waals surface area contributed by atoms with Gasteiger partial charge in [0.25, 0.3) is 0 Å². The maximum atomic E-state index is 11.2. The van der Waals surface area contributed by atoms with Gasteiger partial charge in [-0.25, -0.2) is 0 Å². The third-order valence-corrected chi connectivity index (χ3v) is 4.54. The van der Waals surface area contributed by atoms with E-state index in [0.717, 1.165) is 36.5 Å². The van der Waals surface area contributed by atoms with Crippen LogP contribution in [0.3, 0.4) is 0 Å². The Morgan fingerprint density at radius 1 is 1.59 bits per heavy atom. The Morgan fingerprint density at radius 2 is 2.29 bits per heavy atom. The fourth-order valence-electron chi connectivity index (χ4n) is 2.10. The lowest BCUT2D eigenvalue weighted by molar-refractivity contribution is 0.475. The van der Waals surface area contributed by atoms with E-state index in [1.807, 2.05) is 23.9 Å². The summed E-state index contributed by atoms with van der Waals surface area (Å²) < 4.78 is 13.1. The first-order valence-corrected chi connectivity index (χ1v) is 7.31. The SMILES string of the molecule is Cn1cc(CNC2CCS(=O)CC2)cc1C#N. The third-order valence-electron chi connectivity index (χ3n) is 3.16. The van der Waals surface area contributed by atoms with Gasteiger partial charge in [-0.2, -0.15) is 5.26 Å². The van der Waals surface area contributed by atoms with Gasteiger partial charge in [0.1, 0.15) is 11.8 Å². The Bertz CT molecular complexity index is 451. The van der Waals surface area contributed by atoms with E-state index < -0.39 is 10.8 Å². The predicted molar refractivity (Wildman–Crippen MR) is 67.9 cm³/mol. The largest absolute Gasteiger partial charge is 0.342 e. The van der Waals surface area contributed by atoms with E-state index in [4.69, 9.17) is 5.26 Å². The number of aryl methyl sites for hydroxylation is 1. The van der Waals surface area contributed by atoms with Crippen LogP contribution in [0.2, 0.25) is 0 Å². The molecule has 1 N–H and O–H groups in total. The highest BCUT2D eigenvalue weighted by molar-refractivity contribution is 7.85. The van der Waals surface area contributed by atoms with Crippen molar-refractivity contribution in [3.63, 3.8) is 0 Å². The first-order valence-electron chi connectivity index (χ1n) is 5.82. The van der Waals surface area contributed by atoms with Crippen molar-refractivity contribution < 1.29 is 4.21 Å². The Morgan fingerprint density at radius 3 is 2.88 bits per heavy atom. The molecular formula is C12H17N3OS. The van der Waals surface area contributed by atoms with Crippen LogP contribution in [0.15, 0.2) is 12.3 Å². The minimum atomic E-state index is -0.597. The van der Waals surface area contributed by atoms with E-state index in [2.05, 4.69) is 11.4 Å². The molecule has 2 heterocycles. The fraction of sp³-hybridized carbons (Fsp3) is 0.583. The fourth-order valence-corrected chi connectivity index (χ4v) is 3.40. The molecule has 1 aliphatic heterocycles. The molecule has 1 saturated heterocycles. The standard InChI is InChI=1S/C12H17N3OS/c1-15-9-10(6-12(15)7-13)8-14-11-2-4-17(16)5-3-11/h6,9,11,14H,2-5,8H2,1H3. The number of rotatable bonds is 3. The van der Waals surface area contributed by atoms with E-state index in [-0.39, 0.29) is 0 Å². The zero-order chi connectivity index (χ0) is 12.3. The molecule has 5 heteroatoms. The summed E-state index contributed by atoms with van der Waals surface area (Å²) >= 11 is 0. The van der Waals surface area contributed by atoms with Gasteiger partial charge in [-0.05, 0) is 24.5 Å². The van der Waals surface area contributed by atoms with Crippen molar-refractivity contribution in [3.8, 4) is 6.07 Å². The monoisotopic (exact) mass is 251 g/mol. The maximum absolute atomic E-state index is 11.2. The second kappa shape index (κ2) is 5.48. The minimum absolute atomic E-state index is 0.471. The summed E-state index contributed by atoms with van der Waals surface area (Å²) in [6, 6.07) is 4.54. The minimum Gasteiger partial charge on any atom is -0.342 e. The molecule has 92 valence electrons. The summed E-state index contributed by atoms with van der Waals surface area (Å²) in [7, 11) is 1.28. The van der Waals surface area contributed by atoms with Crippen LogP contribution in [-0.4, -0.2) is 26.3 Å². The van der Waals surface area contributed by atoms with Crippen molar-refractivity contribution in [2.45, 2.75) is 25.4 Å². The molecule has 0 atom stereocenters. The van der Waals surface area contributed by atoms with Crippen molar-refractivity contribution in [2.75, 3.05) is 11.5 Å². The van der Waals surface area contributed by atoms with E-state index in [1.165, 1.54) is 0 Å². The first-order chi connectivity index (χ1) is 8.19. The number of aromatic nitrogens is 1. The topological polar surface area (TPSA) is 57.8 Å². The molecule has 2 rings (SSSR count). The smallest absolute Gasteiger partial charge is 0.120 e. The summed E-state index contributed by atoms with van der Waals surface area (Å²) in [4.78, 5) is 0. The van der Waals surface area contributed by atoms with E-state index in [0.29, 0.717) is 11.7 Å². The van der Waals surface area contributed by atoms with Crippen molar-refractivity contribution in [3.05, 3.63) is 23.5 Å². The van der Waals surface area contributed by atoms with Gasteiger partial charge in [0, 0.05) is 48.1 Å². The molecule has 1 fully saturated rings. The Balaban J connectivity index is 1.85. The molecule has 17 heavy (non-hydrogen) atoms. The van der Waals surface area contributed by atoms with Crippen LogP contribution < -0.4 is 5.32 Å². The molecule has 0 spiro atoms. The lowest BCUT2D eigenvalue weighted by atomic mass is 10.1. The van der Waals surface area contributed by atoms with Crippen LogP contribution >= 0.6 is 0 Å². The van der Waals surface area contributed by atoms with E-state index >= 15 is 0 Å². The summed E-state index contributed by atoms with van der Waals surface area (Å²) in [6.07, 6.45) is 3.96. The molecule has 1 aromatic rings. The summed E-state index contributed by atoms with van der Waals surface area (Å²) in [6.45, 7) is 0.785. The van der Waals surface area contributed by atoms with E-state index in [9.17, 15) is 4.21 Å². The number of nitrogens with zero attached hydrogens (tertiary/aromatic N) is 2. The van der Waals surface area contributed by atoms with Crippen LogP contribution in [0.1, 0.15) is 24.1 Å². The van der Waals surface area contributed by atoms with Gasteiger partial charge in [0.05, 0.1) is 0 Å². The second-order valence-corrected chi connectivity index (χ2v) is 6.16. The number of nitriles is 1. The molecule has 0 aromatic carbocycles. The van der Waals surface area contributed by atoms with Crippen molar-refractivity contribution in [1.82, 2.24) is 9.88 Å². The Hall–Kier alpha value is -1.12. The molecule has 0 bridgehead atoms. The van der Waals surface area contributed by atoms with Crippen LogP contribution in [0, 0.1) is 11.3 Å². The number of hydrogen-bond acceptors (Lipinski definition) is 3. The Labute approximate surface area is 104 Å². The van der Waals surface area contributed by atoms with Crippen LogP contribution in [0.4, 0.5) is 0 Å². The van der Waals surface area contributed by atoms with Gasteiger partial charge in [0.15, 0.2) is 0 Å². The number of hydrogen-bond donors (Lipinski definition) is 1. The zero-order valence-corrected chi connectivity index (χ0v) is 10.8.